The molecule has 0 saturated carbocycles. The van der Waals surface area contributed by atoms with Crippen LogP contribution in [-0.4, -0.2) is 25.5 Å². The maximum atomic E-state index is 11.3. The highest BCUT2D eigenvalue weighted by Crippen LogP contribution is 2.24. The SMILES string of the molecule is C=CC(=O)OCCC(c1ccccc1)S(=O)(=O)O. The minimum Gasteiger partial charge on any atom is -0.462 e. The van der Waals surface area contributed by atoms with E-state index in [1.54, 1.807) is 30.3 Å². The van der Waals surface area contributed by atoms with Gasteiger partial charge in [0.25, 0.3) is 10.1 Å². The summed E-state index contributed by atoms with van der Waals surface area (Å²) in [4.78, 5) is 10.8. The Morgan fingerprint density at radius 3 is 2.50 bits per heavy atom. The number of rotatable bonds is 6. The van der Waals surface area contributed by atoms with Crippen LogP contribution in [0.1, 0.15) is 17.2 Å². The summed E-state index contributed by atoms with van der Waals surface area (Å²) in [6.45, 7) is 3.12. The van der Waals surface area contributed by atoms with Gasteiger partial charge < -0.3 is 4.74 Å². The van der Waals surface area contributed by atoms with Gasteiger partial charge in [-0.3, -0.25) is 4.55 Å². The maximum absolute atomic E-state index is 11.3. The van der Waals surface area contributed by atoms with Crippen molar-refractivity contribution in [1.82, 2.24) is 0 Å². The molecule has 0 heterocycles. The molecular weight excluding hydrogens is 256 g/mol. The molecule has 1 atom stereocenters. The molecule has 1 rings (SSSR count). The van der Waals surface area contributed by atoms with Crippen LogP contribution in [0.5, 0.6) is 0 Å². The molecule has 0 aliphatic rings. The Morgan fingerprint density at radius 1 is 1.39 bits per heavy atom. The van der Waals surface area contributed by atoms with Crippen molar-refractivity contribution in [2.24, 2.45) is 0 Å². The van der Waals surface area contributed by atoms with E-state index in [-0.39, 0.29) is 13.0 Å². The minimum absolute atomic E-state index is 0.0115. The normalized spacial score (nSPS) is 12.7. The summed E-state index contributed by atoms with van der Waals surface area (Å²) < 4.78 is 36.4. The van der Waals surface area contributed by atoms with Crippen molar-refractivity contribution >= 4 is 16.1 Å². The molecule has 0 fully saturated rings. The Balaban J connectivity index is 2.76. The Hall–Kier alpha value is -1.66. The van der Waals surface area contributed by atoms with Crippen molar-refractivity contribution in [3.63, 3.8) is 0 Å². The molecule has 5 nitrogen and oxygen atoms in total. The largest absolute Gasteiger partial charge is 0.462 e. The molecular formula is C12H14O5S. The summed E-state index contributed by atoms with van der Waals surface area (Å²) in [6.07, 6.45) is 0.980. The third-order valence-electron chi connectivity index (χ3n) is 2.32. The quantitative estimate of drug-likeness (QED) is 0.483. The van der Waals surface area contributed by atoms with E-state index < -0.39 is 21.3 Å². The lowest BCUT2D eigenvalue weighted by molar-refractivity contribution is -0.137. The molecule has 0 saturated heterocycles. The predicted molar refractivity (Wildman–Crippen MR) is 66.5 cm³/mol. The number of benzene rings is 1. The van der Waals surface area contributed by atoms with Gasteiger partial charge in [-0.2, -0.15) is 8.42 Å². The van der Waals surface area contributed by atoms with Gasteiger partial charge in [-0.1, -0.05) is 36.9 Å². The van der Waals surface area contributed by atoms with Crippen molar-refractivity contribution < 1.29 is 22.5 Å². The third kappa shape index (κ3) is 4.31. The molecule has 0 radical (unpaired) electrons. The van der Waals surface area contributed by atoms with E-state index in [4.69, 9.17) is 9.29 Å². The number of hydrogen-bond acceptors (Lipinski definition) is 4. The number of hydrogen-bond donors (Lipinski definition) is 1. The van der Waals surface area contributed by atoms with Crippen LogP contribution in [-0.2, 0) is 19.6 Å². The lowest BCUT2D eigenvalue weighted by Crippen LogP contribution is -2.15. The number of esters is 1. The lowest BCUT2D eigenvalue weighted by atomic mass is 10.1. The fraction of sp³-hybridized carbons (Fsp3) is 0.250. The van der Waals surface area contributed by atoms with Crippen LogP contribution < -0.4 is 0 Å². The van der Waals surface area contributed by atoms with Gasteiger partial charge in [0.15, 0.2) is 0 Å². The van der Waals surface area contributed by atoms with E-state index in [0.717, 1.165) is 6.08 Å². The summed E-state index contributed by atoms with van der Waals surface area (Å²) in [5.74, 6) is -0.628. The highest BCUT2D eigenvalue weighted by Gasteiger charge is 2.24. The molecule has 0 amide bonds. The molecule has 0 aliphatic heterocycles. The molecule has 98 valence electrons. The Bertz CT molecular complexity index is 507. The number of carbonyl (C=O) groups excluding carboxylic acids is 1. The molecule has 0 spiro atoms. The fourth-order valence-corrected chi connectivity index (χ4v) is 2.38. The second kappa shape index (κ2) is 6.32. The number of carbonyl (C=O) groups is 1. The van der Waals surface area contributed by atoms with Crippen molar-refractivity contribution in [2.75, 3.05) is 6.61 Å². The van der Waals surface area contributed by atoms with E-state index in [9.17, 15) is 13.2 Å². The molecule has 1 N–H and O–H groups in total. The van der Waals surface area contributed by atoms with Crippen molar-refractivity contribution in [1.29, 1.82) is 0 Å². The first-order valence-electron chi connectivity index (χ1n) is 5.25. The van der Waals surface area contributed by atoms with Gasteiger partial charge in [0.1, 0.15) is 5.25 Å². The van der Waals surface area contributed by atoms with E-state index in [2.05, 4.69) is 6.58 Å². The van der Waals surface area contributed by atoms with Gasteiger partial charge in [-0.25, -0.2) is 4.79 Å². The topological polar surface area (TPSA) is 80.7 Å². The molecule has 0 aromatic heterocycles. The van der Waals surface area contributed by atoms with Crippen molar-refractivity contribution in [2.45, 2.75) is 11.7 Å². The highest BCUT2D eigenvalue weighted by molar-refractivity contribution is 7.86. The molecule has 1 aromatic rings. The van der Waals surface area contributed by atoms with Gasteiger partial charge in [0, 0.05) is 12.5 Å². The standard InChI is InChI=1S/C12H14O5S/c1-2-12(13)17-9-8-11(18(14,15)16)10-6-4-3-5-7-10/h2-7,11H,1,8-9H2,(H,14,15,16). The van der Waals surface area contributed by atoms with E-state index in [1.165, 1.54) is 0 Å². The van der Waals surface area contributed by atoms with Crippen molar-refractivity contribution in [3.05, 3.63) is 48.6 Å². The van der Waals surface area contributed by atoms with E-state index in [0.29, 0.717) is 5.56 Å². The first kappa shape index (κ1) is 14.4. The van der Waals surface area contributed by atoms with Gasteiger partial charge in [0.05, 0.1) is 6.61 Å². The maximum Gasteiger partial charge on any atom is 0.330 e. The molecule has 0 aliphatic carbocycles. The Kier molecular flexibility index (Phi) is 5.06. The first-order chi connectivity index (χ1) is 8.45. The van der Waals surface area contributed by atoms with Gasteiger partial charge in [0.2, 0.25) is 0 Å². The van der Waals surface area contributed by atoms with E-state index in [1.807, 2.05) is 0 Å². The Morgan fingerprint density at radius 2 is 2.00 bits per heavy atom. The first-order valence-corrected chi connectivity index (χ1v) is 6.76. The zero-order chi connectivity index (χ0) is 13.6. The summed E-state index contributed by atoms with van der Waals surface area (Å²) in [7, 11) is -4.24. The van der Waals surface area contributed by atoms with Crippen LogP contribution in [0.4, 0.5) is 0 Å². The summed E-state index contributed by atoms with van der Waals surface area (Å²) in [5.41, 5.74) is 0.453. The monoisotopic (exact) mass is 270 g/mol. The number of ether oxygens (including phenoxy) is 1. The second-order valence-electron chi connectivity index (χ2n) is 3.57. The molecule has 18 heavy (non-hydrogen) atoms. The van der Waals surface area contributed by atoms with Gasteiger partial charge in [-0.05, 0) is 5.56 Å². The zero-order valence-corrected chi connectivity index (χ0v) is 10.5. The summed E-state index contributed by atoms with van der Waals surface area (Å²) in [6, 6.07) is 8.26. The lowest BCUT2D eigenvalue weighted by Gasteiger charge is -2.13. The Labute approximate surface area is 106 Å². The highest BCUT2D eigenvalue weighted by atomic mass is 32.2. The van der Waals surface area contributed by atoms with Crippen molar-refractivity contribution in [3.8, 4) is 0 Å². The minimum atomic E-state index is -4.24. The second-order valence-corrected chi connectivity index (χ2v) is 5.17. The smallest absolute Gasteiger partial charge is 0.330 e. The molecule has 1 unspecified atom stereocenters. The van der Waals surface area contributed by atoms with E-state index >= 15 is 0 Å². The van der Waals surface area contributed by atoms with Gasteiger partial charge in [-0.15, -0.1) is 0 Å². The van der Waals surface area contributed by atoms with Crippen LogP contribution in [0.2, 0.25) is 0 Å². The molecule has 0 bridgehead atoms. The third-order valence-corrected chi connectivity index (χ3v) is 3.55. The summed E-state index contributed by atoms with van der Waals surface area (Å²) >= 11 is 0. The molecule has 6 heteroatoms. The van der Waals surface area contributed by atoms with Crippen LogP contribution in [0, 0.1) is 0 Å². The van der Waals surface area contributed by atoms with Crippen LogP contribution >= 0.6 is 0 Å². The average Bonchev–Trinajstić information content (AvgIpc) is 2.33. The average molecular weight is 270 g/mol. The van der Waals surface area contributed by atoms with Gasteiger partial charge >= 0.3 is 5.97 Å². The molecule has 1 aromatic carbocycles. The fourth-order valence-electron chi connectivity index (χ4n) is 1.48. The van der Waals surface area contributed by atoms with Crippen LogP contribution in [0.25, 0.3) is 0 Å². The van der Waals surface area contributed by atoms with Crippen LogP contribution in [0.3, 0.4) is 0 Å². The summed E-state index contributed by atoms with van der Waals surface area (Å²) in [5, 5.41) is -1.10. The zero-order valence-electron chi connectivity index (χ0n) is 9.65. The van der Waals surface area contributed by atoms with Crippen LogP contribution in [0.15, 0.2) is 43.0 Å². The predicted octanol–water partition coefficient (Wildman–Crippen LogP) is 1.73.